The number of halogens is 1. The molecule has 8 heteroatoms. The van der Waals surface area contributed by atoms with Crippen molar-refractivity contribution >= 4 is 52.6 Å². The van der Waals surface area contributed by atoms with Gasteiger partial charge in [-0.25, -0.2) is 18.1 Å². The van der Waals surface area contributed by atoms with Crippen molar-refractivity contribution in [2.24, 2.45) is 0 Å². The second kappa shape index (κ2) is 5.52. The second-order valence-electron chi connectivity index (χ2n) is 3.72. The van der Waals surface area contributed by atoms with Crippen molar-refractivity contribution < 1.29 is 8.42 Å². The zero-order chi connectivity index (χ0) is 13.2. The van der Waals surface area contributed by atoms with Gasteiger partial charge < -0.3 is 5.32 Å². The van der Waals surface area contributed by atoms with E-state index < -0.39 is 10.0 Å². The fraction of sp³-hybridized carbons (Fsp3) is 0.300. The van der Waals surface area contributed by atoms with Crippen molar-refractivity contribution in [2.75, 3.05) is 24.7 Å². The highest BCUT2D eigenvalue weighted by Gasteiger charge is 2.04. The Morgan fingerprint density at radius 1 is 1.39 bits per heavy atom. The minimum Gasteiger partial charge on any atom is -0.360 e. The molecule has 0 radical (unpaired) electrons. The van der Waals surface area contributed by atoms with Gasteiger partial charge in [0.15, 0.2) is 5.13 Å². The van der Waals surface area contributed by atoms with Gasteiger partial charge in [0.05, 0.1) is 16.5 Å². The van der Waals surface area contributed by atoms with Crippen LogP contribution in [0.2, 0.25) is 0 Å². The van der Waals surface area contributed by atoms with Gasteiger partial charge in [0.25, 0.3) is 0 Å². The van der Waals surface area contributed by atoms with E-state index in [1.54, 1.807) is 11.3 Å². The fourth-order valence-electron chi connectivity index (χ4n) is 1.38. The highest BCUT2D eigenvalue weighted by Crippen LogP contribution is 2.27. The van der Waals surface area contributed by atoms with Crippen LogP contribution in [0.15, 0.2) is 22.7 Å². The lowest BCUT2D eigenvalue weighted by Gasteiger charge is -2.02. The fourth-order valence-corrected chi connectivity index (χ4v) is 3.08. The molecule has 0 atom stereocenters. The van der Waals surface area contributed by atoms with Crippen molar-refractivity contribution in [2.45, 2.75) is 0 Å². The van der Waals surface area contributed by atoms with Gasteiger partial charge in [-0.3, -0.25) is 0 Å². The summed E-state index contributed by atoms with van der Waals surface area (Å²) in [5.41, 5.74) is 0.924. The molecule has 0 spiro atoms. The first-order valence-corrected chi connectivity index (χ1v) is 8.69. The van der Waals surface area contributed by atoms with Crippen LogP contribution in [0.1, 0.15) is 0 Å². The third-order valence-corrected chi connectivity index (χ3v) is 4.33. The largest absolute Gasteiger partial charge is 0.360 e. The summed E-state index contributed by atoms with van der Waals surface area (Å²) in [7, 11) is -3.12. The molecule has 0 aliphatic heterocycles. The molecule has 0 amide bonds. The third kappa shape index (κ3) is 3.91. The van der Waals surface area contributed by atoms with Crippen LogP contribution in [0.4, 0.5) is 5.13 Å². The molecule has 2 N–H and O–H groups in total. The summed E-state index contributed by atoms with van der Waals surface area (Å²) in [6.45, 7) is 0.854. The smallest absolute Gasteiger partial charge is 0.208 e. The van der Waals surface area contributed by atoms with Crippen LogP contribution in [0.5, 0.6) is 0 Å². The lowest BCUT2D eigenvalue weighted by Crippen LogP contribution is -2.27. The summed E-state index contributed by atoms with van der Waals surface area (Å²) in [6, 6.07) is 5.91. The molecule has 1 aromatic carbocycles. The summed E-state index contributed by atoms with van der Waals surface area (Å²) < 4.78 is 26.2. The first-order valence-electron chi connectivity index (χ1n) is 5.19. The van der Waals surface area contributed by atoms with Crippen LogP contribution in [-0.4, -0.2) is 32.7 Å². The number of nitrogens with zero attached hydrogens (tertiary/aromatic N) is 1. The van der Waals surface area contributed by atoms with Crippen LogP contribution < -0.4 is 10.0 Å². The van der Waals surface area contributed by atoms with Gasteiger partial charge in [-0.05, 0) is 18.2 Å². The van der Waals surface area contributed by atoms with Crippen molar-refractivity contribution in [1.82, 2.24) is 9.71 Å². The maximum atomic E-state index is 10.9. The van der Waals surface area contributed by atoms with Crippen molar-refractivity contribution in [1.29, 1.82) is 0 Å². The Hall–Kier alpha value is -0.700. The molecule has 0 saturated carbocycles. The van der Waals surface area contributed by atoms with E-state index in [-0.39, 0.29) is 0 Å². The maximum Gasteiger partial charge on any atom is 0.208 e. The number of hydrogen-bond acceptors (Lipinski definition) is 5. The number of hydrogen-bond donors (Lipinski definition) is 2. The number of anilines is 1. The van der Waals surface area contributed by atoms with E-state index in [1.807, 2.05) is 18.2 Å². The molecule has 5 nitrogen and oxygen atoms in total. The summed E-state index contributed by atoms with van der Waals surface area (Å²) in [4.78, 5) is 4.41. The molecule has 0 bridgehead atoms. The van der Waals surface area contributed by atoms with E-state index in [0.29, 0.717) is 13.1 Å². The van der Waals surface area contributed by atoms with E-state index in [4.69, 9.17) is 0 Å². The molecule has 1 aromatic heterocycles. The Bertz CT molecular complexity index is 654. The maximum absolute atomic E-state index is 10.9. The van der Waals surface area contributed by atoms with Crippen LogP contribution in [0, 0.1) is 0 Å². The predicted octanol–water partition coefficient (Wildman–Crippen LogP) is 2.02. The Morgan fingerprint density at radius 2 is 2.17 bits per heavy atom. The van der Waals surface area contributed by atoms with E-state index >= 15 is 0 Å². The number of sulfonamides is 1. The Labute approximate surface area is 118 Å². The molecule has 0 fully saturated rings. The monoisotopic (exact) mass is 349 g/mol. The molecule has 2 rings (SSSR count). The van der Waals surface area contributed by atoms with Crippen LogP contribution in [0.3, 0.4) is 0 Å². The van der Waals surface area contributed by atoms with Crippen molar-refractivity contribution in [3.05, 3.63) is 22.7 Å². The average molecular weight is 350 g/mol. The number of fused-ring (bicyclic) bond motifs is 1. The molecule has 98 valence electrons. The van der Waals surface area contributed by atoms with Gasteiger partial charge in [-0.1, -0.05) is 27.3 Å². The van der Waals surface area contributed by atoms with E-state index in [1.165, 1.54) is 0 Å². The zero-order valence-electron chi connectivity index (χ0n) is 9.60. The molecule has 0 unspecified atom stereocenters. The van der Waals surface area contributed by atoms with Gasteiger partial charge in [-0.15, -0.1) is 0 Å². The minimum atomic E-state index is -3.12. The first kappa shape index (κ1) is 13.7. The SMILES string of the molecule is CS(=O)(=O)NCCNc1nc2cc(Br)ccc2s1. The average Bonchev–Trinajstić information content (AvgIpc) is 2.65. The molecule has 1 heterocycles. The second-order valence-corrected chi connectivity index (χ2v) is 7.50. The van der Waals surface area contributed by atoms with Gasteiger partial charge in [0.1, 0.15) is 0 Å². The summed E-state index contributed by atoms with van der Waals surface area (Å²) in [5.74, 6) is 0. The Morgan fingerprint density at radius 3 is 2.89 bits per heavy atom. The number of thiazole rings is 1. The van der Waals surface area contributed by atoms with E-state index in [9.17, 15) is 8.42 Å². The van der Waals surface area contributed by atoms with Crippen molar-refractivity contribution in [3.63, 3.8) is 0 Å². The molecule has 2 aromatic rings. The molecule has 0 saturated heterocycles. The van der Waals surface area contributed by atoms with Crippen LogP contribution in [-0.2, 0) is 10.0 Å². The molecule has 0 aliphatic rings. The summed E-state index contributed by atoms with van der Waals surface area (Å²) in [5, 5.41) is 3.88. The van der Waals surface area contributed by atoms with Gasteiger partial charge >= 0.3 is 0 Å². The number of rotatable bonds is 5. The molecule has 0 aliphatic carbocycles. The van der Waals surface area contributed by atoms with Crippen LogP contribution >= 0.6 is 27.3 Å². The highest BCUT2D eigenvalue weighted by molar-refractivity contribution is 9.10. The third-order valence-electron chi connectivity index (χ3n) is 2.12. The lowest BCUT2D eigenvalue weighted by molar-refractivity contribution is 0.589. The van der Waals surface area contributed by atoms with Gasteiger partial charge in [0, 0.05) is 17.6 Å². The Balaban J connectivity index is 1.96. The normalized spacial score (nSPS) is 11.9. The zero-order valence-corrected chi connectivity index (χ0v) is 12.8. The summed E-state index contributed by atoms with van der Waals surface area (Å²) in [6.07, 6.45) is 1.14. The van der Waals surface area contributed by atoms with Crippen LogP contribution in [0.25, 0.3) is 10.2 Å². The van der Waals surface area contributed by atoms with E-state index in [2.05, 4.69) is 31.0 Å². The first-order chi connectivity index (χ1) is 8.44. The highest BCUT2D eigenvalue weighted by atomic mass is 79.9. The molecular formula is C10H12BrN3O2S2. The molecule has 18 heavy (non-hydrogen) atoms. The van der Waals surface area contributed by atoms with E-state index in [0.717, 1.165) is 26.1 Å². The Kier molecular flexibility index (Phi) is 4.21. The predicted molar refractivity (Wildman–Crippen MR) is 78.7 cm³/mol. The topological polar surface area (TPSA) is 71.1 Å². The van der Waals surface area contributed by atoms with Gasteiger partial charge in [0.2, 0.25) is 10.0 Å². The summed E-state index contributed by atoms with van der Waals surface area (Å²) >= 11 is 4.94. The van der Waals surface area contributed by atoms with Crippen molar-refractivity contribution in [3.8, 4) is 0 Å². The standard InChI is InChI=1S/C10H12BrN3O2S2/c1-18(15,16)13-5-4-12-10-14-8-6-7(11)2-3-9(8)17-10/h2-3,6,13H,4-5H2,1H3,(H,12,14). The lowest BCUT2D eigenvalue weighted by atomic mass is 10.3. The quantitative estimate of drug-likeness (QED) is 0.810. The number of nitrogens with one attached hydrogen (secondary N) is 2. The van der Waals surface area contributed by atoms with Gasteiger partial charge in [-0.2, -0.15) is 0 Å². The molecular weight excluding hydrogens is 338 g/mol. The number of aromatic nitrogens is 1. The number of benzene rings is 1. The minimum absolute atomic E-state index is 0.346.